The van der Waals surface area contributed by atoms with Crippen molar-refractivity contribution in [1.29, 1.82) is 0 Å². The Balaban J connectivity index is 2.35. The molecule has 1 aliphatic rings. The zero-order valence-electron chi connectivity index (χ0n) is 11.7. The van der Waals surface area contributed by atoms with Crippen LogP contribution < -0.4 is 5.73 Å². The average molecular weight is 315 g/mol. The summed E-state index contributed by atoms with van der Waals surface area (Å²) >= 11 is 0. The third-order valence-corrected chi connectivity index (χ3v) is 5.05. The van der Waals surface area contributed by atoms with Gasteiger partial charge >= 0.3 is 0 Å². The molecule has 116 valence electrons. The van der Waals surface area contributed by atoms with Crippen molar-refractivity contribution < 1.29 is 18.1 Å². The van der Waals surface area contributed by atoms with E-state index in [4.69, 9.17) is 10.5 Å². The van der Waals surface area contributed by atoms with Gasteiger partial charge < -0.3 is 10.5 Å². The van der Waals surface area contributed by atoms with Crippen LogP contribution in [0.1, 0.15) is 13.8 Å². The molecule has 1 aromatic carbocycles. The Hall–Kier alpha value is -1.71. The van der Waals surface area contributed by atoms with Crippen molar-refractivity contribution >= 4 is 21.4 Å². The molecule has 0 amide bonds. The minimum Gasteiger partial charge on any atom is -0.393 e. The van der Waals surface area contributed by atoms with E-state index in [1.807, 2.05) is 0 Å². The summed E-state index contributed by atoms with van der Waals surface area (Å²) in [7, 11) is -3.74. The van der Waals surface area contributed by atoms with Crippen LogP contribution in [0.2, 0.25) is 0 Å². The van der Waals surface area contributed by atoms with E-state index in [1.165, 1.54) is 10.4 Å². The van der Waals surface area contributed by atoms with Crippen molar-refractivity contribution in [3.63, 3.8) is 0 Å². The molecular weight excluding hydrogens is 298 g/mol. The number of nitro groups is 1. The molecule has 1 aromatic rings. The van der Waals surface area contributed by atoms with Gasteiger partial charge in [0.2, 0.25) is 10.0 Å². The molecule has 1 aliphatic heterocycles. The van der Waals surface area contributed by atoms with Gasteiger partial charge in [0.1, 0.15) is 5.69 Å². The molecular formula is C12H17N3O5S. The lowest BCUT2D eigenvalue weighted by molar-refractivity contribution is -0.383. The number of sulfonamides is 1. The Labute approximate surface area is 122 Å². The molecule has 0 aromatic heterocycles. The number of hydrogen-bond acceptors (Lipinski definition) is 6. The van der Waals surface area contributed by atoms with Gasteiger partial charge in [-0.3, -0.25) is 10.1 Å². The second-order valence-corrected chi connectivity index (χ2v) is 7.00. The number of benzene rings is 1. The lowest BCUT2D eigenvalue weighted by atomic mass is 10.3. The Bertz CT molecular complexity index is 651. The molecule has 21 heavy (non-hydrogen) atoms. The van der Waals surface area contributed by atoms with Crippen molar-refractivity contribution in [2.45, 2.75) is 31.0 Å². The van der Waals surface area contributed by atoms with Crippen molar-refractivity contribution in [1.82, 2.24) is 4.31 Å². The van der Waals surface area contributed by atoms with Gasteiger partial charge in [-0.15, -0.1) is 0 Å². The van der Waals surface area contributed by atoms with Crippen LogP contribution >= 0.6 is 0 Å². The first-order valence-corrected chi connectivity index (χ1v) is 7.85. The lowest BCUT2D eigenvalue weighted by Gasteiger charge is -2.34. The highest BCUT2D eigenvalue weighted by Crippen LogP contribution is 2.27. The van der Waals surface area contributed by atoms with E-state index >= 15 is 0 Å². The van der Waals surface area contributed by atoms with Gasteiger partial charge in [-0.2, -0.15) is 4.31 Å². The van der Waals surface area contributed by atoms with E-state index in [2.05, 4.69) is 0 Å². The van der Waals surface area contributed by atoms with E-state index in [0.717, 1.165) is 12.1 Å². The number of hydrogen-bond donors (Lipinski definition) is 1. The first-order valence-electron chi connectivity index (χ1n) is 6.41. The van der Waals surface area contributed by atoms with E-state index < -0.39 is 14.9 Å². The van der Waals surface area contributed by atoms with Gasteiger partial charge in [-0.05, 0) is 26.0 Å². The Morgan fingerprint density at radius 2 is 1.90 bits per heavy atom. The minimum absolute atomic E-state index is 0.0492. The molecule has 0 aliphatic carbocycles. The maximum Gasteiger partial charge on any atom is 0.292 e. The number of ether oxygens (including phenoxy) is 1. The molecule has 8 nitrogen and oxygen atoms in total. The van der Waals surface area contributed by atoms with Gasteiger partial charge in [-0.1, -0.05) is 0 Å². The van der Waals surface area contributed by atoms with Crippen LogP contribution in [0.4, 0.5) is 11.4 Å². The van der Waals surface area contributed by atoms with E-state index in [0.29, 0.717) is 0 Å². The standard InChI is InChI=1S/C12H17N3O5S/c1-8-6-14(7-9(2)20-8)21(18,19)10-3-4-12(15(16)17)11(13)5-10/h3-5,8-9H,6-7,13H2,1-2H3/t8-,9+. The predicted molar refractivity (Wildman–Crippen MR) is 76.3 cm³/mol. The van der Waals surface area contributed by atoms with Gasteiger partial charge in [0.25, 0.3) is 5.69 Å². The van der Waals surface area contributed by atoms with E-state index in [-0.39, 0.29) is 41.6 Å². The van der Waals surface area contributed by atoms with Crippen LogP contribution in [0.15, 0.2) is 23.1 Å². The van der Waals surface area contributed by atoms with Crippen LogP contribution in [0.25, 0.3) is 0 Å². The van der Waals surface area contributed by atoms with Crippen molar-refractivity contribution in [3.8, 4) is 0 Å². The quantitative estimate of drug-likeness (QED) is 0.505. The number of anilines is 1. The largest absolute Gasteiger partial charge is 0.393 e. The smallest absolute Gasteiger partial charge is 0.292 e. The third-order valence-electron chi connectivity index (χ3n) is 3.22. The lowest BCUT2D eigenvalue weighted by Crippen LogP contribution is -2.48. The SMILES string of the molecule is C[C@@H]1CN(S(=O)(=O)c2ccc([N+](=O)[O-])c(N)c2)C[C@H](C)O1. The van der Waals surface area contributed by atoms with Crippen molar-refractivity contribution in [2.75, 3.05) is 18.8 Å². The average Bonchev–Trinajstić information content (AvgIpc) is 2.36. The number of nitro benzene ring substituents is 1. The fraction of sp³-hybridized carbons (Fsp3) is 0.500. The number of nitrogen functional groups attached to an aromatic ring is 1. The zero-order valence-corrected chi connectivity index (χ0v) is 12.5. The van der Waals surface area contributed by atoms with E-state index in [1.54, 1.807) is 13.8 Å². The molecule has 1 heterocycles. The zero-order chi connectivity index (χ0) is 15.8. The number of rotatable bonds is 3. The molecule has 0 bridgehead atoms. The summed E-state index contributed by atoms with van der Waals surface area (Å²) in [6.07, 6.45) is -0.419. The fourth-order valence-corrected chi connectivity index (χ4v) is 3.96. The molecule has 2 N–H and O–H groups in total. The highest BCUT2D eigenvalue weighted by molar-refractivity contribution is 7.89. The minimum atomic E-state index is -3.74. The maximum absolute atomic E-state index is 12.6. The first-order chi connectivity index (χ1) is 9.71. The van der Waals surface area contributed by atoms with Gasteiger partial charge in [-0.25, -0.2) is 8.42 Å². The second kappa shape index (κ2) is 5.58. The molecule has 9 heteroatoms. The molecule has 0 saturated carbocycles. The Kier molecular flexibility index (Phi) is 4.17. The molecule has 1 saturated heterocycles. The molecule has 0 unspecified atom stereocenters. The number of nitrogens with zero attached hydrogens (tertiary/aromatic N) is 2. The topological polar surface area (TPSA) is 116 Å². The summed E-state index contributed by atoms with van der Waals surface area (Å²) in [5, 5.41) is 10.7. The Morgan fingerprint density at radius 3 is 2.38 bits per heavy atom. The third kappa shape index (κ3) is 3.14. The summed E-state index contributed by atoms with van der Waals surface area (Å²) < 4.78 is 31.9. The highest BCUT2D eigenvalue weighted by Gasteiger charge is 2.32. The number of nitrogens with two attached hydrogens (primary N) is 1. The molecule has 0 spiro atoms. The summed E-state index contributed by atoms with van der Waals surface area (Å²) in [6.45, 7) is 4.07. The molecule has 1 fully saturated rings. The predicted octanol–water partition coefficient (Wildman–Crippen LogP) is 0.975. The van der Waals surface area contributed by atoms with Gasteiger partial charge in [0.15, 0.2) is 0 Å². The summed E-state index contributed by atoms with van der Waals surface area (Å²) in [5.41, 5.74) is 5.08. The monoisotopic (exact) mass is 315 g/mol. The van der Waals surface area contributed by atoms with E-state index in [9.17, 15) is 18.5 Å². The van der Waals surface area contributed by atoms with Crippen LogP contribution in [-0.2, 0) is 14.8 Å². The van der Waals surface area contributed by atoms with Crippen LogP contribution in [-0.4, -0.2) is 42.9 Å². The Morgan fingerprint density at radius 1 is 1.33 bits per heavy atom. The normalized spacial score (nSPS) is 23.9. The molecule has 2 rings (SSSR count). The van der Waals surface area contributed by atoms with Crippen LogP contribution in [0.5, 0.6) is 0 Å². The number of morpholine rings is 1. The second-order valence-electron chi connectivity index (χ2n) is 5.06. The molecule has 0 radical (unpaired) electrons. The fourth-order valence-electron chi connectivity index (χ4n) is 2.34. The van der Waals surface area contributed by atoms with Gasteiger partial charge in [0, 0.05) is 19.2 Å². The van der Waals surface area contributed by atoms with Crippen LogP contribution in [0.3, 0.4) is 0 Å². The summed E-state index contributed by atoms with van der Waals surface area (Å²) in [5.74, 6) is 0. The van der Waals surface area contributed by atoms with Crippen molar-refractivity contribution in [2.24, 2.45) is 0 Å². The van der Waals surface area contributed by atoms with Gasteiger partial charge in [0.05, 0.1) is 22.0 Å². The highest BCUT2D eigenvalue weighted by atomic mass is 32.2. The summed E-state index contributed by atoms with van der Waals surface area (Å²) in [6, 6.07) is 3.43. The summed E-state index contributed by atoms with van der Waals surface area (Å²) in [4.78, 5) is 10.0. The van der Waals surface area contributed by atoms with Crippen LogP contribution in [0, 0.1) is 10.1 Å². The van der Waals surface area contributed by atoms with Crippen molar-refractivity contribution in [3.05, 3.63) is 28.3 Å². The maximum atomic E-state index is 12.6. The molecule has 2 atom stereocenters. The first kappa shape index (κ1) is 15.7.